The number of carbonyl (C=O) groups excluding carboxylic acids is 1. The zero-order valence-corrected chi connectivity index (χ0v) is 11.5. The number of hydrogen-bond acceptors (Lipinski definition) is 2. The summed E-state index contributed by atoms with van der Waals surface area (Å²) in [7, 11) is 0. The van der Waals surface area contributed by atoms with E-state index < -0.39 is 0 Å². The van der Waals surface area contributed by atoms with Crippen molar-refractivity contribution in [1.29, 1.82) is 0 Å². The molecular weight excluding hydrogens is 277 g/mol. The van der Waals surface area contributed by atoms with Crippen LogP contribution < -0.4 is 0 Å². The van der Waals surface area contributed by atoms with Crippen LogP contribution in [0.2, 0.25) is 0 Å². The average molecular weight is 289 g/mol. The molecule has 0 radical (unpaired) electrons. The standard InChI is InChI=1S/C12H12ClNO2.V/c1-3-5-9(13)8-11-10(6-7-14-11)12(15)16-4-2;/h1,3,5-8,14H,4H2,2H3;/b5-3-,9-8?;. The van der Waals surface area contributed by atoms with Gasteiger partial charge in [-0.05, 0) is 0 Å². The average Bonchev–Trinajstić information content (AvgIpc) is 2.75. The van der Waals surface area contributed by atoms with Crippen molar-refractivity contribution in [3.63, 3.8) is 0 Å². The number of aromatic nitrogens is 1. The van der Waals surface area contributed by atoms with Crippen LogP contribution in [0.25, 0.3) is 6.08 Å². The third kappa shape index (κ3) is 4.39. The van der Waals surface area contributed by atoms with Gasteiger partial charge in [0, 0.05) is 0 Å². The van der Waals surface area contributed by atoms with Gasteiger partial charge in [-0.1, -0.05) is 0 Å². The van der Waals surface area contributed by atoms with Crippen molar-refractivity contribution in [3.8, 4) is 0 Å². The SMILES string of the molecule is CCOC(=O)c1cc[nH]c1C=C(Cl)/C=C\[CH]=[V]. The van der Waals surface area contributed by atoms with Crippen LogP contribution in [0.5, 0.6) is 0 Å². The van der Waals surface area contributed by atoms with Crippen LogP contribution in [-0.2, 0) is 21.7 Å². The quantitative estimate of drug-likeness (QED) is 0.668. The Bertz CT molecular complexity index is 463. The van der Waals surface area contributed by atoms with E-state index in [4.69, 9.17) is 16.3 Å². The Labute approximate surface area is 114 Å². The number of esters is 1. The van der Waals surface area contributed by atoms with Gasteiger partial charge in [0.2, 0.25) is 0 Å². The van der Waals surface area contributed by atoms with Crippen LogP contribution in [0.3, 0.4) is 0 Å². The summed E-state index contributed by atoms with van der Waals surface area (Å²) in [6.45, 7) is 2.12. The molecule has 1 rings (SSSR count). The molecule has 0 saturated carbocycles. The number of ether oxygens (including phenoxy) is 1. The van der Waals surface area contributed by atoms with Crippen LogP contribution in [-0.4, -0.2) is 22.3 Å². The van der Waals surface area contributed by atoms with Gasteiger partial charge in [-0.2, -0.15) is 0 Å². The van der Waals surface area contributed by atoms with E-state index in [1.807, 2.05) is 4.73 Å². The monoisotopic (exact) mass is 288 g/mol. The second-order valence-corrected chi connectivity index (χ2v) is 3.96. The van der Waals surface area contributed by atoms with Gasteiger partial charge >= 0.3 is 114 Å². The first-order chi connectivity index (χ1) is 8.19. The molecular formula is C12H12ClNO2V. The summed E-state index contributed by atoms with van der Waals surface area (Å²) < 4.78 is 6.74. The van der Waals surface area contributed by atoms with E-state index in [2.05, 4.69) is 22.0 Å². The van der Waals surface area contributed by atoms with Crippen molar-refractivity contribution in [2.24, 2.45) is 0 Å². The third-order valence-electron chi connectivity index (χ3n) is 1.90. The predicted molar refractivity (Wildman–Crippen MR) is 65.8 cm³/mol. The Hall–Kier alpha value is -1.03. The first-order valence-corrected chi connectivity index (χ1v) is 6.23. The van der Waals surface area contributed by atoms with E-state index in [0.29, 0.717) is 22.9 Å². The second-order valence-electron chi connectivity index (χ2n) is 3.06. The molecule has 0 aliphatic heterocycles. The summed E-state index contributed by atoms with van der Waals surface area (Å²) in [6.07, 6.45) is 6.89. The molecule has 1 N–H and O–H groups in total. The first-order valence-electron chi connectivity index (χ1n) is 5.04. The maximum atomic E-state index is 11.6. The number of halogens is 1. The summed E-state index contributed by atoms with van der Waals surface area (Å²) in [5, 5.41) is 0.528. The van der Waals surface area contributed by atoms with Crippen LogP contribution in [0.15, 0.2) is 29.4 Å². The van der Waals surface area contributed by atoms with Crippen LogP contribution >= 0.6 is 11.6 Å². The van der Waals surface area contributed by atoms with Crippen molar-refractivity contribution in [3.05, 3.63) is 40.7 Å². The molecule has 17 heavy (non-hydrogen) atoms. The first kappa shape index (κ1) is 14.0. The number of allylic oxidation sites excluding steroid dienone is 3. The zero-order valence-electron chi connectivity index (χ0n) is 9.31. The molecule has 0 saturated heterocycles. The van der Waals surface area contributed by atoms with Crippen LogP contribution in [0.4, 0.5) is 0 Å². The molecule has 1 aromatic heterocycles. The molecule has 0 aromatic carbocycles. The molecule has 0 amide bonds. The van der Waals surface area contributed by atoms with E-state index >= 15 is 0 Å². The van der Waals surface area contributed by atoms with Crippen molar-refractivity contribution in [2.45, 2.75) is 6.92 Å². The molecule has 89 valence electrons. The number of rotatable bonds is 5. The normalized spacial score (nSPS) is 11.7. The van der Waals surface area contributed by atoms with E-state index in [1.165, 1.54) is 0 Å². The van der Waals surface area contributed by atoms with Crippen molar-refractivity contribution < 1.29 is 26.5 Å². The number of H-pyrrole nitrogens is 1. The van der Waals surface area contributed by atoms with Gasteiger partial charge in [0.25, 0.3) is 0 Å². The van der Waals surface area contributed by atoms with E-state index in [1.54, 1.807) is 37.4 Å². The van der Waals surface area contributed by atoms with Gasteiger partial charge in [-0.25, -0.2) is 0 Å². The molecule has 3 nitrogen and oxygen atoms in total. The second kappa shape index (κ2) is 7.33. The van der Waals surface area contributed by atoms with Gasteiger partial charge in [-0.15, -0.1) is 0 Å². The molecule has 0 unspecified atom stereocenters. The summed E-state index contributed by atoms with van der Waals surface area (Å²) >= 11 is 8.29. The minimum atomic E-state index is -0.354. The molecule has 0 aliphatic rings. The Morgan fingerprint density at radius 1 is 1.65 bits per heavy atom. The third-order valence-corrected chi connectivity index (χ3v) is 2.40. The fraction of sp³-hybridized carbons (Fsp3) is 0.167. The van der Waals surface area contributed by atoms with E-state index in [9.17, 15) is 4.79 Å². The summed E-state index contributed by atoms with van der Waals surface area (Å²) in [6, 6.07) is 1.67. The number of aromatic amines is 1. The van der Waals surface area contributed by atoms with E-state index in [-0.39, 0.29) is 5.97 Å². The van der Waals surface area contributed by atoms with Crippen molar-refractivity contribution >= 4 is 28.4 Å². The molecule has 0 bridgehead atoms. The van der Waals surface area contributed by atoms with Crippen molar-refractivity contribution in [2.75, 3.05) is 6.61 Å². The number of nitrogens with one attached hydrogen (secondary N) is 1. The van der Waals surface area contributed by atoms with Gasteiger partial charge in [0.1, 0.15) is 0 Å². The molecule has 0 fully saturated rings. The fourth-order valence-electron chi connectivity index (χ4n) is 1.21. The molecule has 0 spiro atoms. The van der Waals surface area contributed by atoms with Gasteiger partial charge < -0.3 is 0 Å². The van der Waals surface area contributed by atoms with Crippen molar-refractivity contribution in [1.82, 2.24) is 4.98 Å². The van der Waals surface area contributed by atoms with Crippen LogP contribution in [0.1, 0.15) is 23.0 Å². The Morgan fingerprint density at radius 3 is 3.06 bits per heavy atom. The predicted octanol–water partition coefficient (Wildman–Crippen LogP) is 2.68. The van der Waals surface area contributed by atoms with Crippen LogP contribution in [0, 0.1) is 0 Å². The fourth-order valence-corrected chi connectivity index (χ4v) is 1.53. The van der Waals surface area contributed by atoms with E-state index in [0.717, 1.165) is 0 Å². The molecule has 0 aliphatic carbocycles. The summed E-state index contributed by atoms with van der Waals surface area (Å²) in [5.74, 6) is -0.354. The minimum absolute atomic E-state index is 0.351. The number of hydrogen-bond donors (Lipinski definition) is 1. The Kier molecular flexibility index (Phi) is 6.05. The van der Waals surface area contributed by atoms with Gasteiger partial charge in [0.15, 0.2) is 0 Å². The van der Waals surface area contributed by atoms with Gasteiger partial charge in [-0.3, -0.25) is 0 Å². The Morgan fingerprint density at radius 2 is 2.41 bits per heavy atom. The molecule has 1 heterocycles. The molecule has 1 aromatic rings. The summed E-state index contributed by atoms with van der Waals surface area (Å²) in [4.78, 5) is 14.5. The zero-order chi connectivity index (χ0) is 12.7. The molecule has 5 heteroatoms. The van der Waals surface area contributed by atoms with Gasteiger partial charge in [0.05, 0.1) is 0 Å². The Balaban J connectivity index is 2.92. The summed E-state index contributed by atoms with van der Waals surface area (Å²) in [5.41, 5.74) is 1.12. The maximum absolute atomic E-state index is 11.6. The molecule has 0 atom stereocenters. The number of carbonyl (C=O) groups is 1. The topological polar surface area (TPSA) is 42.1 Å².